The Kier molecular flexibility index (Phi) is 3.79. The van der Waals surface area contributed by atoms with Gasteiger partial charge in [-0.05, 0) is 19.1 Å². The fourth-order valence-electron chi connectivity index (χ4n) is 1.90. The van der Waals surface area contributed by atoms with E-state index >= 15 is 0 Å². The number of carbonyl (C=O) groups is 2. The summed E-state index contributed by atoms with van der Waals surface area (Å²) < 4.78 is 1.81. The first kappa shape index (κ1) is 13.1. The maximum Gasteiger partial charge on any atom is 0.305 e. The second kappa shape index (κ2) is 5.51. The fraction of sp³-hybridized carbons (Fsp3) is 0.308. The Labute approximate surface area is 110 Å². The minimum Gasteiger partial charge on any atom is -0.481 e. The number of hydrogen-bond acceptors (Lipinski definition) is 3. The number of carboxylic acids is 1. The van der Waals surface area contributed by atoms with E-state index in [-0.39, 0.29) is 25.4 Å². The Hall–Kier alpha value is -2.37. The second-order valence-corrected chi connectivity index (χ2v) is 4.23. The molecule has 2 rings (SSSR count). The molecule has 1 amide bonds. The topological polar surface area (TPSA) is 84.2 Å². The summed E-state index contributed by atoms with van der Waals surface area (Å²) >= 11 is 0. The molecule has 0 aliphatic rings. The lowest BCUT2D eigenvalue weighted by molar-refractivity contribution is -0.136. The average Bonchev–Trinajstić information content (AvgIpc) is 2.66. The smallest absolute Gasteiger partial charge is 0.305 e. The van der Waals surface area contributed by atoms with Crippen molar-refractivity contribution in [3.63, 3.8) is 0 Å². The number of hydrogen-bond donors (Lipinski definition) is 2. The summed E-state index contributed by atoms with van der Waals surface area (Å²) in [7, 11) is 0. The molecule has 0 saturated carbocycles. The average molecular weight is 261 g/mol. The van der Waals surface area contributed by atoms with Gasteiger partial charge in [-0.3, -0.25) is 9.59 Å². The normalized spacial score (nSPS) is 10.6. The molecule has 1 heterocycles. The molecule has 6 heteroatoms. The molecule has 1 aromatic carbocycles. The molecule has 100 valence electrons. The number of imidazole rings is 1. The van der Waals surface area contributed by atoms with Crippen LogP contribution in [0.5, 0.6) is 0 Å². The van der Waals surface area contributed by atoms with Crippen LogP contribution in [0.25, 0.3) is 11.0 Å². The molecule has 2 N–H and O–H groups in total. The molecule has 0 atom stereocenters. The van der Waals surface area contributed by atoms with Crippen molar-refractivity contribution < 1.29 is 14.7 Å². The Morgan fingerprint density at radius 3 is 2.84 bits per heavy atom. The highest BCUT2D eigenvalue weighted by atomic mass is 16.4. The number of carbonyl (C=O) groups excluding carboxylic acids is 1. The number of rotatable bonds is 5. The van der Waals surface area contributed by atoms with E-state index in [0.717, 1.165) is 16.9 Å². The first-order valence-corrected chi connectivity index (χ1v) is 5.98. The molecule has 0 saturated heterocycles. The van der Waals surface area contributed by atoms with Gasteiger partial charge in [-0.25, -0.2) is 4.98 Å². The quantitative estimate of drug-likeness (QED) is 0.838. The third-order valence-corrected chi connectivity index (χ3v) is 2.81. The monoisotopic (exact) mass is 261 g/mol. The van der Waals surface area contributed by atoms with Crippen molar-refractivity contribution in [1.82, 2.24) is 14.9 Å². The van der Waals surface area contributed by atoms with Crippen LogP contribution in [0.1, 0.15) is 12.2 Å². The fourth-order valence-corrected chi connectivity index (χ4v) is 1.90. The molecule has 0 fully saturated rings. The summed E-state index contributed by atoms with van der Waals surface area (Å²) in [6.07, 6.45) is -0.0740. The summed E-state index contributed by atoms with van der Waals surface area (Å²) in [4.78, 5) is 26.5. The van der Waals surface area contributed by atoms with Gasteiger partial charge in [0.25, 0.3) is 0 Å². The molecule has 6 nitrogen and oxygen atoms in total. The molecule has 0 spiro atoms. The molecule has 2 aromatic rings. The van der Waals surface area contributed by atoms with Gasteiger partial charge >= 0.3 is 5.97 Å². The van der Waals surface area contributed by atoms with Crippen molar-refractivity contribution in [2.45, 2.75) is 19.9 Å². The lowest BCUT2D eigenvalue weighted by Crippen LogP contribution is -2.29. The summed E-state index contributed by atoms with van der Waals surface area (Å²) in [5, 5.41) is 11.1. The Balaban J connectivity index is 2.06. The van der Waals surface area contributed by atoms with Crippen LogP contribution >= 0.6 is 0 Å². The van der Waals surface area contributed by atoms with Gasteiger partial charge in [-0.2, -0.15) is 0 Å². The van der Waals surface area contributed by atoms with Crippen molar-refractivity contribution in [2.75, 3.05) is 6.54 Å². The Morgan fingerprint density at radius 2 is 2.11 bits per heavy atom. The maximum atomic E-state index is 11.7. The Bertz CT molecular complexity index is 619. The number of carboxylic acid groups (broad SMARTS) is 1. The van der Waals surface area contributed by atoms with E-state index in [9.17, 15) is 9.59 Å². The van der Waals surface area contributed by atoms with Gasteiger partial charge in [0.2, 0.25) is 5.91 Å². The number of fused-ring (bicyclic) bond motifs is 1. The van der Waals surface area contributed by atoms with E-state index in [0.29, 0.717) is 0 Å². The molecular formula is C13H15N3O3. The minimum atomic E-state index is -0.926. The van der Waals surface area contributed by atoms with Gasteiger partial charge in [0, 0.05) is 6.54 Å². The van der Waals surface area contributed by atoms with Crippen molar-refractivity contribution >= 4 is 22.9 Å². The van der Waals surface area contributed by atoms with Crippen LogP contribution in [-0.4, -0.2) is 33.1 Å². The van der Waals surface area contributed by atoms with Crippen LogP contribution < -0.4 is 5.32 Å². The first-order chi connectivity index (χ1) is 9.08. The number of benzene rings is 1. The number of aromatic nitrogens is 2. The number of para-hydroxylation sites is 2. The zero-order valence-electron chi connectivity index (χ0n) is 10.6. The molecule has 0 bridgehead atoms. The van der Waals surface area contributed by atoms with Crippen LogP contribution in [0.2, 0.25) is 0 Å². The van der Waals surface area contributed by atoms with Gasteiger partial charge in [0.15, 0.2) is 0 Å². The van der Waals surface area contributed by atoms with Crippen molar-refractivity contribution in [3.05, 3.63) is 30.1 Å². The summed E-state index contributed by atoms with van der Waals surface area (Å²) in [6.45, 7) is 2.12. The Morgan fingerprint density at radius 1 is 1.37 bits per heavy atom. The van der Waals surface area contributed by atoms with E-state index in [1.54, 1.807) is 0 Å². The van der Waals surface area contributed by atoms with Crippen LogP contribution in [-0.2, 0) is 16.1 Å². The van der Waals surface area contributed by atoms with E-state index in [1.807, 2.05) is 35.8 Å². The van der Waals surface area contributed by atoms with E-state index in [1.165, 1.54) is 0 Å². The van der Waals surface area contributed by atoms with Crippen LogP contribution in [0.3, 0.4) is 0 Å². The van der Waals surface area contributed by atoms with Crippen LogP contribution in [0, 0.1) is 6.92 Å². The highest BCUT2D eigenvalue weighted by Gasteiger charge is 2.10. The predicted octanol–water partition coefficient (Wildman–Crippen LogP) is 0.936. The molecule has 0 aliphatic heterocycles. The second-order valence-electron chi connectivity index (χ2n) is 4.23. The molecule has 0 radical (unpaired) electrons. The third-order valence-electron chi connectivity index (χ3n) is 2.81. The van der Waals surface area contributed by atoms with Gasteiger partial charge in [0.1, 0.15) is 12.4 Å². The maximum absolute atomic E-state index is 11.7. The third kappa shape index (κ3) is 3.09. The summed E-state index contributed by atoms with van der Waals surface area (Å²) in [5.41, 5.74) is 1.74. The first-order valence-electron chi connectivity index (χ1n) is 5.98. The largest absolute Gasteiger partial charge is 0.481 e. The van der Waals surface area contributed by atoms with Crippen LogP contribution in [0.4, 0.5) is 0 Å². The number of aryl methyl sites for hydroxylation is 1. The molecule has 19 heavy (non-hydrogen) atoms. The van der Waals surface area contributed by atoms with Crippen molar-refractivity contribution in [2.24, 2.45) is 0 Å². The van der Waals surface area contributed by atoms with Crippen molar-refractivity contribution in [3.8, 4) is 0 Å². The van der Waals surface area contributed by atoms with E-state index < -0.39 is 5.97 Å². The highest BCUT2D eigenvalue weighted by molar-refractivity contribution is 5.81. The summed E-state index contributed by atoms with van der Waals surface area (Å²) in [6, 6.07) is 7.58. The number of nitrogens with zero attached hydrogens (tertiary/aromatic N) is 2. The van der Waals surface area contributed by atoms with Crippen molar-refractivity contribution in [1.29, 1.82) is 0 Å². The number of nitrogens with one attached hydrogen (secondary N) is 1. The highest BCUT2D eigenvalue weighted by Crippen LogP contribution is 2.14. The molecular weight excluding hydrogens is 246 g/mol. The zero-order valence-corrected chi connectivity index (χ0v) is 10.6. The van der Waals surface area contributed by atoms with Crippen LogP contribution in [0.15, 0.2) is 24.3 Å². The lowest BCUT2D eigenvalue weighted by atomic mass is 10.3. The zero-order chi connectivity index (χ0) is 13.8. The molecule has 1 aromatic heterocycles. The van der Waals surface area contributed by atoms with E-state index in [4.69, 9.17) is 5.11 Å². The van der Waals surface area contributed by atoms with Gasteiger partial charge in [-0.15, -0.1) is 0 Å². The lowest BCUT2D eigenvalue weighted by Gasteiger charge is -2.07. The summed E-state index contributed by atoms with van der Waals surface area (Å²) in [5.74, 6) is -0.383. The standard InChI is InChI=1S/C13H15N3O3/c1-9-15-10-4-2-3-5-11(10)16(9)8-12(17)14-7-6-13(18)19/h2-5H,6-8H2,1H3,(H,14,17)(H,18,19). The number of amides is 1. The van der Waals surface area contributed by atoms with Gasteiger partial charge in [0.05, 0.1) is 17.5 Å². The molecule has 0 aliphatic carbocycles. The van der Waals surface area contributed by atoms with E-state index in [2.05, 4.69) is 10.3 Å². The molecule has 0 unspecified atom stereocenters. The van der Waals surface area contributed by atoms with Gasteiger partial charge < -0.3 is 15.0 Å². The predicted molar refractivity (Wildman–Crippen MR) is 69.7 cm³/mol. The number of aliphatic carboxylic acids is 1. The SMILES string of the molecule is Cc1nc2ccccc2n1CC(=O)NCCC(=O)O. The van der Waals surface area contributed by atoms with Gasteiger partial charge in [-0.1, -0.05) is 12.1 Å². The minimum absolute atomic E-state index is 0.0740.